The molecule has 0 aromatic heterocycles. The summed E-state index contributed by atoms with van der Waals surface area (Å²) >= 11 is 0. The van der Waals surface area contributed by atoms with Gasteiger partial charge in [-0.25, -0.2) is 12.7 Å². The number of hydrogen-bond donors (Lipinski definition) is 1. The molecule has 0 radical (unpaired) electrons. The van der Waals surface area contributed by atoms with Gasteiger partial charge >= 0.3 is 6.18 Å². The Labute approximate surface area is 201 Å². The number of halogens is 3. The summed E-state index contributed by atoms with van der Waals surface area (Å²) in [5.74, 6) is 0.612. The first-order valence-corrected chi connectivity index (χ1v) is 13.4. The fourth-order valence-electron chi connectivity index (χ4n) is 4.84. The summed E-state index contributed by atoms with van der Waals surface area (Å²) in [6.07, 6.45) is 3.28. The number of benzene rings is 1. The molecule has 6 nitrogen and oxygen atoms in total. The lowest BCUT2D eigenvalue weighted by atomic mass is 9.80. The molecule has 1 saturated carbocycles. The normalized spacial score (nSPS) is 24.1. The van der Waals surface area contributed by atoms with Gasteiger partial charge in [-0.1, -0.05) is 12.2 Å². The number of hydrogen-bond acceptors (Lipinski definition) is 5. The van der Waals surface area contributed by atoms with Crippen molar-refractivity contribution in [2.24, 2.45) is 11.8 Å². The molecule has 1 aromatic carbocycles. The number of sulfonamides is 1. The lowest BCUT2D eigenvalue weighted by Gasteiger charge is -2.41. The third-order valence-electron chi connectivity index (χ3n) is 6.81. The van der Waals surface area contributed by atoms with Crippen LogP contribution in [0.3, 0.4) is 0 Å². The van der Waals surface area contributed by atoms with Crippen molar-refractivity contribution in [2.45, 2.75) is 49.9 Å². The maximum absolute atomic E-state index is 12.9. The van der Waals surface area contributed by atoms with Gasteiger partial charge < -0.3 is 10.1 Å². The molecule has 1 aromatic rings. The highest BCUT2D eigenvalue weighted by molar-refractivity contribution is 7.89. The number of rotatable bonds is 9. The van der Waals surface area contributed by atoms with E-state index in [2.05, 4.69) is 10.2 Å². The zero-order valence-corrected chi connectivity index (χ0v) is 20.7. The number of alkyl halides is 3. The van der Waals surface area contributed by atoms with E-state index < -0.39 is 21.8 Å². The van der Waals surface area contributed by atoms with Crippen molar-refractivity contribution in [3.8, 4) is 0 Å². The van der Waals surface area contributed by atoms with Gasteiger partial charge in [-0.15, -0.1) is 0 Å². The molecule has 2 aliphatic rings. The quantitative estimate of drug-likeness (QED) is 0.517. The highest BCUT2D eigenvalue weighted by Gasteiger charge is 2.35. The van der Waals surface area contributed by atoms with Crippen LogP contribution in [0.1, 0.15) is 38.2 Å². The Morgan fingerprint density at radius 3 is 2.32 bits per heavy atom. The summed E-state index contributed by atoms with van der Waals surface area (Å²) < 4.78 is 71.7. The van der Waals surface area contributed by atoms with Crippen molar-refractivity contribution >= 4 is 10.0 Å². The van der Waals surface area contributed by atoms with E-state index in [4.69, 9.17) is 4.74 Å². The number of nitrogens with one attached hydrogen (secondary N) is 1. The first kappa shape index (κ1) is 27.1. The monoisotopic (exact) mass is 503 g/mol. The summed E-state index contributed by atoms with van der Waals surface area (Å²) in [6, 6.07) is 3.70. The van der Waals surface area contributed by atoms with Crippen LogP contribution < -0.4 is 5.32 Å². The van der Waals surface area contributed by atoms with Gasteiger partial charge in [0.25, 0.3) is 0 Å². The minimum absolute atomic E-state index is 0.0628. The van der Waals surface area contributed by atoms with E-state index in [-0.39, 0.29) is 17.0 Å². The highest BCUT2D eigenvalue weighted by Crippen LogP contribution is 2.35. The van der Waals surface area contributed by atoms with E-state index in [1.807, 2.05) is 19.1 Å². The molecule has 0 amide bonds. The van der Waals surface area contributed by atoms with Gasteiger partial charge in [0, 0.05) is 39.8 Å². The molecule has 1 N–H and O–H groups in total. The first-order valence-electron chi connectivity index (χ1n) is 11.9. The summed E-state index contributed by atoms with van der Waals surface area (Å²) in [7, 11) is -2.34. The zero-order valence-electron chi connectivity index (χ0n) is 19.9. The Kier molecular flexibility index (Phi) is 9.57. The van der Waals surface area contributed by atoms with E-state index in [0.717, 1.165) is 76.1 Å². The predicted octanol–water partition coefficient (Wildman–Crippen LogP) is 3.96. The molecular weight excluding hydrogens is 467 g/mol. The van der Waals surface area contributed by atoms with E-state index in [1.165, 1.54) is 11.4 Å². The van der Waals surface area contributed by atoms with Crippen LogP contribution in [0.5, 0.6) is 0 Å². The molecule has 1 unspecified atom stereocenters. The van der Waals surface area contributed by atoms with Gasteiger partial charge in [0.2, 0.25) is 10.0 Å². The van der Waals surface area contributed by atoms with Crippen LogP contribution in [0, 0.1) is 11.8 Å². The van der Waals surface area contributed by atoms with Crippen molar-refractivity contribution in [3.05, 3.63) is 42.0 Å². The minimum atomic E-state index is -4.49. The fourth-order valence-corrected chi connectivity index (χ4v) is 6.09. The van der Waals surface area contributed by atoms with E-state index in [0.29, 0.717) is 19.1 Å². The first-order chi connectivity index (χ1) is 16.1. The van der Waals surface area contributed by atoms with Crippen molar-refractivity contribution in [2.75, 3.05) is 46.4 Å². The maximum atomic E-state index is 12.9. The molecule has 192 valence electrons. The van der Waals surface area contributed by atoms with Crippen molar-refractivity contribution in [1.29, 1.82) is 0 Å². The number of piperazine rings is 1. The second-order valence-electron chi connectivity index (χ2n) is 9.17. The molecule has 34 heavy (non-hydrogen) atoms. The summed E-state index contributed by atoms with van der Waals surface area (Å²) in [4.78, 5) is 2.29. The second kappa shape index (κ2) is 12.0. The molecule has 3 rings (SSSR count). The highest BCUT2D eigenvalue weighted by atomic mass is 32.2. The zero-order chi connectivity index (χ0) is 24.8. The molecular formula is C24H36F3N3O3S. The maximum Gasteiger partial charge on any atom is 0.416 e. The average molecular weight is 504 g/mol. The van der Waals surface area contributed by atoms with E-state index in [1.54, 1.807) is 0 Å². The number of allylic oxidation sites excluding steroid dienone is 1. The third kappa shape index (κ3) is 7.04. The Balaban J connectivity index is 1.57. The summed E-state index contributed by atoms with van der Waals surface area (Å²) in [6.45, 7) is 6.72. The molecule has 1 heterocycles. The standard InChI is InChI=1S/C24H36F3N3O3S/c1-3-4-17-33-23(30-15-13-28-14-16-30)20-7-5-19(6-8-20)18-29(2)34(31,32)22-11-9-21(10-12-22)24(25,26)27/h3-4,9-12,19-20,23,28H,5-8,13-18H2,1-2H3/b4-3+. The smallest absolute Gasteiger partial charge is 0.359 e. The molecule has 10 heteroatoms. The number of ether oxygens (including phenoxy) is 1. The largest absolute Gasteiger partial charge is 0.416 e. The SMILES string of the molecule is C/C=C/COC(C1CCC(CN(C)S(=O)(=O)c2ccc(C(F)(F)F)cc2)CC1)N1CCNCC1. The summed E-state index contributed by atoms with van der Waals surface area (Å²) in [5.41, 5.74) is -0.858. The molecule has 0 bridgehead atoms. The fraction of sp³-hybridized carbons (Fsp3) is 0.667. The van der Waals surface area contributed by atoms with Crippen LogP contribution in [0.4, 0.5) is 13.2 Å². The van der Waals surface area contributed by atoms with Crippen LogP contribution in [0.15, 0.2) is 41.3 Å². The average Bonchev–Trinajstić information content (AvgIpc) is 2.82. The lowest BCUT2D eigenvalue weighted by molar-refractivity contribution is -0.137. The van der Waals surface area contributed by atoms with Crippen LogP contribution >= 0.6 is 0 Å². The molecule has 1 aliphatic carbocycles. The topological polar surface area (TPSA) is 61.9 Å². The third-order valence-corrected chi connectivity index (χ3v) is 8.65. The van der Waals surface area contributed by atoms with Gasteiger partial charge in [-0.2, -0.15) is 13.2 Å². The van der Waals surface area contributed by atoms with Crippen LogP contribution in [-0.2, 0) is 20.9 Å². The van der Waals surface area contributed by atoms with Gasteiger partial charge in [-0.3, -0.25) is 4.90 Å². The molecule has 2 fully saturated rings. The molecule has 1 atom stereocenters. The predicted molar refractivity (Wildman–Crippen MR) is 126 cm³/mol. The van der Waals surface area contributed by atoms with Gasteiger partial charge in [0.1, 0.15) is 6.23 Å². The molecule has 1 aliphatic heterocycles. The molecule has 1 saturated heterocycles. The Morgan fingerprint density at radius 1 is 1.15 bits per heavy atom. The number of nitrogens with zero attached hydrogens (tertiary/aromatic N) is 2. The Hall–Kier alpha value is -1.46. The lowest BCUT2D eigenvalue weighted by Crippen LogP contribution is -2.52. The minimum Gasteiger partial charge on any atom is -0.359 e. The van der Waals surface area contributed by atoms with Crippen LogP contribution in [-0.4, -0.2) is 70.2 Å². The van der Waals surface area contributed by atoms with Gasteiger partial charge in [0.05, 0.1) is 17.1 Å². The molecule has 0 spiro atoms. The van der Waals surface area contributed by atoms with Gasteiger partial charge in [0.15, 0.2) is 0 Å². The van der Waals surface area contributed by atoms with Crippen molar-refractivity contribution in [3.63, 3.8) is 0 Å². The van der Waals surface area contributed by atoms with Crippen molar-refractivity contribution in [1.82, 2.24) is 14.5 Å². The Bertz CT molecular complexity index is 892. The second-order valence-corrected chi connectivity index (χ2v) is 11.2. The van der Waals surface area contributed by atoms with Crippen molar-refractivity contribution < 1.29 is 26.3 Å². The van der Waals surface area contributed by atoms with E-state index in [9.17, 15) is 21.6 Å². The van der Waals surface area contributed by atoms with E-state index >= 15 is 0 Å². The van der Waals surface area contributed by atoms with Crippen LogP contribution in [0.2, 0.25) is 0 Å². The Morgan fingerprint density at radius 2 is 1.76 bits per heavy atom. The van der Waals surface area contributed by atoms with Crippen LogP contribution in [0.25, 0.3) is 0 Å². The van der Waals surface area contributed by atoms with Gasteiger partial charge in [-0.05, 0) is 68.7 Å². The summed E-state index contributed by atoms with van der Waals surface area (Å²) in [5, 5.41) is 3.38.